The summed E-state index contributed by atoms with van der Waals surface area (Å²) in [5, 5.41) is 2.72. The lowest BCUT2D eigenvalue weighted by Crippen LogP contribution is -2.11. The largest absolute Gasteiger partial charge is 0.459 e. The second-order valence-corrected chi connectivity index (χ2v) is 3.51. The van der Waals surface area contributed by atoms with E-state index in [1.165, 1.54) is 6.26 Å². The number of nitrogens with two attached hydrogens (primary N) is 1. The number of nitrogen functional groups attached to an aromatic ring is 1. The van der Waals surface area contributed by atoms with Crippen LogP contribution in [0.25, 0.3) is 0 Å². The molecular weight excluding hydrogens is 204 g/mol. The molecule has 0 unspecified atom stereocenters. The molecule has 1 aromatic carbocycles. The number of hydrogen-bond donors (Lipinski definition) is 2. The predicted octanol–water partition coefficient (Wildman–Crippen LogP) is 2.42. The van der Waals surface area contributed by atoms with E-state index in [4.69, 9.17) is 10.2 Å². The summed E-state index contributed by atoms with van der Waals surface area (Å²) < 4.78 is 5.09. The van der Waals surface area contributed by atoms with Gasteiger partial charge in [0, 0.05) is 16.9 Å². The van der Waals surface area contributed by atoms with Crippen molar-refractivity contribution in [2.75, 3.05) is 11.1 Å². The summed E-state index contributed by atoms with van der Waals surface area (Å²) in [4.78, 5) is 11.7. The maximum absolute atomic E-state index is 11.7. The first-order valence-corrected chi connectivity index (χ1v) is 4.88. The van der Waals surface area contributed by atoms with Crippen molar-refractivity contribution < 1.29 is 9.21 Å². The molecule has 4 heteroatoms. The fourth-order valence-electron chi connectivity index (χ4n) is 1.36. The second-order valence-electron chi connectivity index (χ2n) is 3.51. The topological polar surface area (TPSA) is 68.3 Å². The molecule has 2 rings (SSSR count). The van der Waals surface area contributed by atoms with E-state index in [2.05, 4.69) is 5.32 Å². The van der Waals surface area contributed by atoms with Crippen LogP contribution in [0.15, 0.2) is 41.0 Å². The fourth-order valence-corrected chi connectivity index (χ4v) is 1.36. The van der Waals surface area contributed by atoms with Gasteiger partial charge in [0.25, 0.3) is 5.91 Å². The lowest BCUT2D eigenvalue weighted by Gasteiger charge is -2.03. The Balaban J connectivity index is 2.14. The van der Waals surface area contributed by atoms with Crippen LogP contribution in [0.2, 0.25) is 0 Å². The monoisotopic (exact) mass is 216 g/mol. The zero-order chi connectivity index (χ0) is 11.5. The van der Waals surface area contributed by atoms with Crippen LogP contribution in [-0.2, 0) is 0 Å². The average molecular weight is 216 g/mol. The van der Waals surface area contributed by atoms with Crippen molar-refractivity contribution in [3.8, 4) is 0 Å². The number of aryl methyl sites for hydroxylation is 1. The summed E-state index contributed by atoms with van der Waals surface area (Å²) in [6.07, 6.45) is 1.49. The van der Waals surface area contributed by atoms with E-state index in [9.17, 15) is 4.79 Å². The maximum Gasteiger partial charge on any atom is 0.291 e. The van der Waals surface area contributed by atoms with Gasteiger partial charge in [-0.1, -0.05) is 0 Å². The molecule has 1 aromatic heterocycles. The molecule has 0 bridgehead atoms. The van der Waals surface area contributed by atoms with Gasteiger partial charge in [-0.2, -0.15) is 0 Å². The molecule has 0 atom stereocenters. The highest BCUT2D eigenvalue weighted by molar-refractivity contribution is 6.03. The molecule has 4 nitrogen and oxygen atoms in total. The minimum absolute atomic E-state index is 0.257. The molecule has 0 saturated heterocycles. The van der Waals surface area contributed by atoms with E-state index in [0.717, 1.165) is 5.56 Å². The zero-order valence-corrected chi connectivity index (χ0v) is 8.86. The average Bonchev–Trinajstić information content (AvgIpc) is 2.68. The van der Waals surface area contributed by atoms with E-state index in [0.29, 0.717) is 17.1 Å². The van der Waals surface area contributed by atoms with Crippen molar-refractivity contribution in [1.82, 2.24) is 0 Å². The summed E-state index contributed by atoms with van der Waals surface area (Å²) in [5.74, 6) is 0.0732. The second kappa shape index (κ2) is 4.10. The lowest BCUT2D eigenvalue weighted by atomic mass is 10.2. The molecule has 0 fully saturated rings. The van der Waals surface area contributed by atoms with Crippen LogP contribution in [0.4, 0.5) is 11.4 Å². The van der Waals surface area contributed by atoms with Crippen molar-refractivity contribution in [3.63, 3.8) is 0 Å². The molecule has 0 saturated carbocycles. The smallest absolute Gasteiger partial charge is 0.291 e. The van der Waals surface area contributed by atoms with Gasteiger partial charge in [-0.3, -0.25) is 4.79 Å². The summed E-state index contributed by atoms with van der Waals surface area (Å²) in [7, 11) is 0. The number of furan rings is 1. The fraction of sp³-hybridized carbons (Fsp3) is 0.0833. The highest BCUT2D eigenvalue weighted by Gasteiger charge is 2.12. The van der Waals surface area contributed by atoms with Gasteiger partial charge in [0.1, 0.15) is 0 Å². The number of amides is 1. The highest BCUT2D eigenvalue weighted by atomic mass is 16.3. The third-order valence-electron chi connectivity index (χ3n) is 2.24. The number of benzene rings is 1. The number of carbonyl (C=O) groups excluding carboxylic acids is 1. The first-order chi connectivity index (χ1) is 7.66. The van der Waals surface area contributed by atoms with Crippen molar-refractivity contribution in [2.45, 2.75) is 6.92 Å². The lowest BCUT2D eigenvalue weighted by molar-refractivity contribution is 0.0996. The van der Waals surface area contributed by atoms with Crippen LogP contribution in [-0.4, -0.2) is 5.91 Å². The van der Waals surface area contributed by atoms with E-state index in [1.54, 1.807) is 30.3 Å². The Morgan fingerprint density at radius 3 is 2.50 bits per heavy atom. The van der Waals surface area contributed by atoms with Crippen molar-refractivity contribution >= 4 is 17.3 Å². The molecule has 0 spiro atoms. The molecule has 2 aromatic rings. The van der Waals surface area contributed by atoms with Crippen molar-refractivity contribution in [1.29, 1.82) is 0 Å². The number of carbonyl (C=O) groups is 1. The third kappa shape index (κ3) is 2.06. The molecule has 16 heavy (non-hydrogen) atoms. The Hall–Kier alpha value is -2.23. The van der Waals surface area contributed by atoms with Crippen LogP contribution in [0.1, 0.15) is 16.1 Å². The summed E-state index contributed by atoms with van der Waals surface area (Å²) >= 11 is 0. The molecule has 3 N–H and O–H groups in total. The molecule has 0 radical (unpaired) electrons. The van der Waals surface area contributed by atoms with Crippen LogP contribution in [0, 0.1) is 6.92 Å². The standard InChI is InChI=1S/C12H12N2O2/c1-8-6-7-16-11(8)12(15)14-10-4-2-9(13)3-5-10/h2-7H,13H2,1H3,(H,14,15). The molecule has 1 amide bonds. The van der Waals surface area contributed by atoms with E-state index >= 15 is 0 Å². The SMILES string of the molecule is Cc1ccoc1C(=O)Nc1ccc(N)cc1. The van der Waals surface area contributed by atoms with Gasteiger partial charge in [0.15, 0.2) is 5.76 Å². The van der Waals surface area contributed by atoms with Gasteiger partial charge < -0.3 is 15.5 Å². The number of rotatable bonds is 2. The van der Waals surface area contributed by atoms with Gasteiger partial charge in [0.2, 0.25) is 0 Å². The first-order valence-electron chi connectivity index (χ1n) is 4.88. The Morgan fingerprint density at radius 2 is 1.94 bits per heavy atom. The predicted molar refractivity (Wildman–Crippen MR) is 62.3 cm³/mol. The Kier molecular flexibility index (Phi) is 2.64. The van der Waals surface area contributed by atoms with Crippen LogP contribution < -0.4 is 11.1 Å². The van der Waals surface area contributed by atoms with Crippen molar-refractivity contribution in [2.24, 2.45) is 0 Å². The Bertz CT molecular complexity index is 500. The molecule has 1 heterocycles. The minimum Gasteiger partial charge on any atom is -0.459 e. The molecule has 0 aliphatic carbocycles. The summed E-state index contributed by atoms with van der Waals surface area (Å²) in [5.41, 5.74) is 7.71. The summed E-state index contributed by atoms with van der Waals surface area (Å²) in [6.45, 7) is 1.82. The Morgan fingerprint density at radius 1 is 1.25 bits per heavy atom. The number of hydrogen-bond acceptors (Lipinski definition) is 3. The van der Waals surface area contributed by atoms with Crippen LogP contribution >= 0.6 is 0 Å². The van der Waals surface area contributed by atoms with Crippen molar-refractivity contribution in [3.05, 3.63) is 47.9 Å². The van der Waals surface area contributed by atoms with Gasteiger partial charge in [-0.05, 0) is 37.3 Å². The maximum atomic E-state index is 11.7. The highest BCUT2D eigenvalue weighted by Crippen LogP contribution is 2.14. The molecule has 82 valence electrons. The molecule has 0 aliphatic heterocycles. The normalized spacial score (nSPS) is 10.1. The van der Waals surface area contributed by atoms with E-state index in [1.807, 2.05) is 6.92 Å². The first kappa shape index (κ1) is 10.3. The van der Waals surface area contributed by atoms with E-state index < -0.39 is 0 Å². The Labute approximate surface area is 93.1 Å². The minimum atomic E-state index is -0.257. The van der Waals surface area contributed by atoms with Gasteiger partial charge in [-0.15, -0.1) is 0 Å². The third-order valence-corrected chi connectivity index (χ3v) is 2.24. The van der Waals surface area contributed by atoms with Crippen LogP contribution in [0.5, 0.6) is 0 Å². The van der Waals surface area contributed by atoms with Crippen LogP contribution in [0.3, 0.4) is 0 Å². The molecule has 0 aliphatic rings. The number of anilines is 2. The zero-order valence-electron chi connectivity index (χ0n) is 8.86. The van der Waals surface area contributed by atoms with E-state index in [-0.39, 0.29) is 5.91 Å². The van der Waals surface area contributed by atoms with Gasteiger partial charge in [-0.25, -0.2) is 0 Å². The van der Waals surface area contributed by atoms with Gasteiger partial charge >= 0.3 is 0 Å². The number of nitrogens with one attached hydrogen (secondary N) is 1. The molecular formula is C12H12N2O2. The summed E-state index contributed by atoms with van der Waals surface area (Å²) in [6, 6.07) is 8.68. The quantitative estimate of drug-likeness (QED) is 0.757. The van der Waals surface area contributed by atoms with Gasteiger partial charge in [0.05, 0.1) is 6.26 Å².